The van der Waals surface area contributed by atoms with Crippen molar-refractivity contribution in [3.63, 3.8) is 0 Å². The van der Waals surface area contributed by atoms with Gasteiger partial charge < -0.3 is 14.8 Å². The van der Waals surface area contributed by atoms with Gasteiger partial charge >= 0.3 is 0 Å². The first kappa shape index (κ1) is 20.5. The SMILES string of the molecule is CCN(CC)Sc1scc(Nc2c(N(N)Cc3ccc(C)o3)c(=O)c2=O)c1O. The van der Waals surface area contributed by atoms with Gasteiger partial charge in [0.25, 0.3) is 10.9 Å². The molecule has 0 atom stereocenters. The maximum absolute atomic E-state index is 12.1. The molecule has 3 aromatic rings. The first-order valence-corrected chi connectivity index (χ1v) is 10.4. The summed E-state index contributed by atoms with van der Waals surface area (Å²) in [6, 6.07) is 3.55. The van der Waals surface area contributed by atoms with Gasteiger partial charge in [0.05, 0.1) is 12.2 Å². The molecule has 1 aromatic carbocycles. The summed E-state index contributed by atoms with van der Waals surface area (Å²) < 4.78 is 8.26. The third kappa shape index (κ3) is 3.95. The molecule has 0 aliphatic heterocycles. The zero-order chi connectivity index (χ0) is 20.4. The number of hydrogen-bond acceptors (Lipinski definition) is 10. The van der Waals surface area contributed by atoms with Crippen LogP contribution in [0.3, 0.4) is 0 Å². The summed E-state index contributed by atoms with van der Waals surface area (Å²) in [4.78, 5) is 24.1. The summed E-state index contributed by atoms with van der Waals surface area (Å²) in [6.07, 6.45) is 0. The van der Waals surface area contributed by atoms with E-state index in [4.69, 9.17) is 10.3 Å². The number of furan rings is 1. The number of hydrogen-bond donors (Lipinski definition) is 3. The predicted molar refractivity (Wildman–Crippen MR) is 113 cm³/mol. The van der Waals surface area contributed by atoms with Gasteiger partial charge in [0.2, 0.25) is 0 Å². The molecule has 0 fully saturated rings. The van der Waals surface area contributed by atoms with Crippen molar-refractivity contribution in [2.24, 2.45) is 5.84 Å². The van der Waals surface area contributed by atoms with Gasteiger partial charge in [-0.15, -0.1) is 11.3 Å². The van der Waals surface area contributed by atoms with Crippen molar-refractivity contribution in [3.05, 3.63) is 49.5 Å². The van der Waals surface area contributed by atoms with E-state index >= 15 is 0 Å². The van der Waals surface area contributed by atoms with Crippen molar-refractivity contribution in [1.82, 2.24) is 4.31 Å². The van der Waals surface area contributed by atoms with E-state index in [0.29, 0.717) is 15.7 Å². The van der Waals surface area contributed by atoms with Crippen molar-refractivity contribution in [2.45, 2.75) is 31.5 Å². The quantitative estimate of drug-likeness (QED) is 0.207. The summed E-state index contributed by atoms with van der Waals surface area (Å²) in [6.45, 7) is 7.68. The molecule has 0 radical (unpaired) electrons. The van der Waals surface area contributed by atoms with Crippen LogP contribution >= 0.6 is 23.3 Å². The van der Waals surface area contributed by atoms with Gasteiger partial charge in [-0.25, -0.2) is 10.1 Å². The van der Waals surface area contributed by atoms with Crippen molar-refractivity contribution in [2.75, 3.05) is 23.4 Å². The van der Waals surface area contributed by atoms with Crippen LogP contribution in [0.2, 0.25) is 0 Å². The van der Waals surface area contributed by atoms with E-state index in [0.717, 1.165) is 18.8 Å². The molecule has 2 aromatic heterocycles. The van der Waals surface area contributed by atoms with Gasteiger partial charge in [0.15, 0.2) is 5.75 Å². The highest BCUT2D eigenvalue weighted by Crippen LogP contribution is 2.43. The lowest BCUT2D eigenvalue weighted by Crippen LogP contribution is -2.45. The summed E-state index contributed by atoms with van der Waals surface area (Å²) in [5, 5.41) is 16.2. The molecule has 8 nitrogen and oxygen atoms in total. The molecule has 0 aliphatic carbocycles. The van der Waals surface area contributed by atoms with E-state index < -0.39 is 10.9 Å². The summed E-state index contributed by atoms with van der Waals surface area (Å²) in [5.41, 5.74) is -0.813. The molecule has 0 saturated carbocycles. The highest BCUT2D eigenvalue weighted by atomic mass is 32.2. The molecule has 28 heavy (non-hydrogen) atoms. The minimum atomic E-state index is -0.666. The molecule has 0 saturated heterocycles. The van der Waals surface area contributed by atoms with Crippen LogP contribution in [-0.4, -0.2) is 22.5 Å². The summed E-state index contributed by atoms with van der Waals surface area (Å²) in [7, 11) is 0. The fourth-order valence-corrected chi connectivity index (χ4v) is 4.62. The lowest BCUT2D eigenvalue weighted by Gasteiger charge is -2.22. The molecule has 0 amide bonds. The summed E-state index contributed by atoms with van der Waals surface area (Å²) in [5.74, 6) is 7.35. The number of hydrazine groups is 1. The standard InChI is InChI=1S/C18H22N4O4S2/c1-4-21(5-2)28-18-15(23)12(9-27-18)20-13-14(17(25)16(13)24)22(19)8-11-7-6-10(3)26-11/h6-7,9,20,23H,4-5,8,19H2,1-3H3. The summed E-state index contributed by atoms with van der Waals surface area (Å²) >= 11 is 2.81. The van der Waals surface area contributed by atoms with E-state index in [9.17, 15) is 14.7 Å². The van der Waals surface area contributed by atoms with Gasteiger partial charge in [-0.1, -0.05) is 13.8 Å². The Morgan fingerprint density at radius 1 is 1.25 bits per heavy atom. The van der Waals surface area contributed by atoms with E-state index in [1.54, 1.807) is 17.5 Å². The van der Waals surface area contributed by atoms with Gasteiger partial charge in [-0.2, -0.15) is 0 Å². The van der Waals surface area contributed by atoms with Crippen LogP contribution in [0, 0.1) is 6.92 Å². The number of rotatable bonds is 9. The van der Waals surface area contributed by atoms with Crippen LogP contribution in [0.15, 0.2) is 35.7 Å². The lowest BCUT2D eigenvalue weighted by atomic mass is 10.1. The average Bonchev–Trinajstić information content (AvgIpc) is 3.24. The van der Waals surface area contributed by atoms with Crippen molar-refractivity contribution in [1.29, 1.82) is 0 Å². The number of aryl methyl sites for hydroxylation is 1. The molecule has 0 spiro atoms. The van der Waals surface area contributed by atoms with E-state index in [-0.39, 0.29) is 23.7 Å². The van der Waals surface area contributed by atoms with Crippen LogP contribution in [0.1, 0.15) is 25.4 Å². The largest absolute Gasteiger partial charge is 0.504 e. The minimum Gasteiger partial charge on any atom is -0.504 e. The van der Waals surface area contributed by atoms with Crippen LogP contribution in [0.4, 0.5) is 17.1 Å². The molecular weight excluding hydrogens is 400 g/mol. The maximum atomic E-state index is 12.1. The minimum absolute atomic E-state index is 0.0473. The molecule has 4 N–H and O–H groups in total. The van der Waals surface area contributed by atoms with Crippen LogP contribution in [0.25, 0.3) is 0 Å². The van der Waals surface area contributed by atoms with Crippen LogP contribution in [0.5, 0.6) is 5.75 Å². The Balaban J connectivity index is 1.79. The van der Waals surface area contributed by atoms with Crippen LogP contribution < -0.4 is 27.0 Å². The number of anilines is 3. The van der Waals surface area contributed by atoms with Gasteiger partial charge in [-0.3, -0.25) is 14.6 Å². The molecule has 3 rings (SSSR count). The van der Waals surface area contributed by atoms with E-state index in [2.05, 4.69) is 9.62 Å². The molecule has 0 aliphatic rings. The number of nitrogens with one attached hydrogen (secondary N) is 1. The predicted octanol–water partition coefficient (Wildman–Crippen LogP) is 2.92. The maximum Gasteiger partial charge on any atom is 0.254 e. The van der Waals surface area contributed by atoms with E-state index in [1.807, 2.05) is 20.8 Å². The molecule has 0 unspecified atom stereocenters. The number of nitrogens with zero attached hydrogens (tertiary/aromatic N) is 2. The second kappa shape index (κ2) is 8.39. The van der Waals surface area contributed by atoms with Gasteiger partial charge in [-0.05, 0) is 31.0 Å². The zero-order valence-electron chi connectivity index (χ0n) is 15.8. The Labute approximate surface area is 170 Å². The number of aromatic hydroxyl groups is 1. The average molecular weight is 423 g/mol. The third-order valence-electron chi connectivity index (χ3n) is 4.20. The van der Waals surface area contributed by atoms with Gasteiger partial charge in [0.1, 0.15) is 27.1 Å². The number of nitrogens with two attached hydrogens (primary N) is 1. The normalized spacial score (nSPS) is 11.5. The fraction of sp³-hybridized carbons (Fsp3) is 0.333. The van der Waals surface area contributed by atoms with Crippen molar-refractivity contribution in [3.8, 4) is 5.75 Å². The molecule has 2 heterocycles. The highest BCUT2D eigenvalue weighted by Gasteiger charge is 2.27. The van der Waals surface area contributed by atoms with Crippen LogP contribution in [-0.2, 0) is 6.54 Å². The van der Waals surface area contributed by atoms with E-state index in [1.165, 1.54) is 28.3 Å². The number of thiophene rings is 1. The van der Waals surface area contributed by atoms with Crippen molar-refractivity contribution >= 4 is 40.3 Å². The second-order valence-corrected chi connectivity index (χ2v) is 8.38. The Morgan fingerprint density at radius 3 is 2.57 bits per heavy atom. The Kier molecular flexibility index (Phi) is 6.14. The Bertz CT molecular complexity index is 1030. The smallest absolute Gasteiger partial charge is 0.254 e. The monoisotopic (exact) mass is 422 g/mol. The van der Waals surface area contributed by atoms with Crippen molar-refractivity contribution < 1.29 is 9.52 Å². The Morgan fingerprint density at radius 2 is 1.96 bits per heavy atom. The first-order chi connectivity index (χ1) is 13.3. The highest BCUT2D eigenvalue weighted by molar-refractivity contribution is 7.99. The second-order valence-electron chi connectivity index (χ2n) is 6.14. The third-order valence-corrected chi connectivity index (χ3v) is 6.61. The lowest BCUT2D eigenvalue weighted by molar-refractivity contribution is 0.466. The molecule has 10 heteroatoms. The topological polar surface area (TPSA) is 112 Å². The Hall–Kier alpha value is -2.27. The molecular formula is C18H22N4O4S2. The fourth-order valence-electron chi connectivity index (χ4n) is 2.68. The molecule has 0 bridgehead atoms. The first-order valence-electron chi connectivity index (χ1n) is 8.76. The molecule has 150 valence electrons. The zero-order valence-corrected chi connectivity index (χ0v) is 17.4. The van der Waals surface area contributed by atoms with Gasteiger partial charge in [0, 0.05) is 18.5 Å².